The van der Waals surface area contributed by atoms with E-state index in [1.54, 1.807) is 0 Å². The lowest BCUT2D eigenvalue weighted by Gasteiger charge is -2.63. The first-order valence-electron chi connectivity index (χ1n) is 13.2. The third kappa shape index (κ3) is 5.38. The Hall–Kier alpha value is -0.340. The molecule has 0 aromatic heterocycles. The maximum Gasteiger partial charge on any atom is 0.397 e. The summed E-state index contributed by atoms with van der Waals surface area (Å²) in [6.07, 6.45) is 4.17. The van der Waals surface area contributed by atoms with E-state index in [4.69, 9.17) is 13.3 Å². The molecule has 12 heteroatoms. The molecule has 0 heterocycles. The van der Waals surface area contributed by atoms with Gasteiger partial charge in [-0.15, -0.1) is 0 Å². The van der Waals surface area contributed by atoms with E-state index in [1.165, 1.54) is 0 Å². The number of hydrogen-bond donors (Lipinski definition) is 4. The fraction of sp³-hybridized carbons (Fsp3) is 1.00. The number of aliphatic hydroxyl groups is 2. The molecule has 0 amide bonds. The molecule has 10 nitrogen and oxygen atoms in total. The molecule has 11 atom stereocenters. The molecule has 0 aromatic carbocycles. The first-order chi connectivity index (χ1) is 16.6. The van der Waals surface area contributed by atoms with Crippen LogP contribution in [0.2, 0.25) is 0 Å². The molecule has 4 N–H and O–H groups in total. The smallest absolute Gasteiger partial charge is 0.393 e. The number of hydrogen-bond acceptors (Lipinski definition) is 8. The molecular formula is C24H42O10S2. The van der Waals surface area contributed by atoms with Gasteiger partial charge in [-0.2, -0.15) is 16.8 Å². The third-order valence-electron chi connectivity index (χ3n) is 10.8. The van der Waals surface area contributed by atoms with Gasteiger partial charge in [-0.25, -0.2) is 8.37 Å². The van der Waals surface area contributed by atoms with Crippen molar-refractivity contribution in [3.8, 4) is 0 Å². The van der Waals surface area contributed by atoms with E-state index in [-0.39, 0.29) is 52.9 Å². The molecule has 210 valence electrons. The summed E-state index contributed by atoms with van der Waals surface area (Å²) >= 11 is 0. The second-order valence-corrected chi connectivity index (χ2v) is 14.5. The molecule has 4 fully saturated rings. The van der Waals surface area contributed by atoms with Crippen LogP contribution < -0.4 is 0 Å². The van der Waals surface area contributed by atoms with E-state index in [0.29, 0.717) is 38.5 Å². The minimum Gasteiger partial charge on any atom is -0.393 e. The van der Waals surface area contributed by atoms with E-state index < -0.39 is 39.1 Å². The van der Waals surface area contributed by atoms with Crippen molar-refractivity contribution in [2.24, 2.45) is 46.3 Å². The Kier molecular flexibility index (Phi) is 7.96. The highest BCUT2D eigenvalue weighted by molar-refractivity contribution is 7.81. The zero-order valence-corrected chi connectivity index (χ0v) is 23.0. The minimum atomic E-state index is -4.53. The van der Waals surface area contributed by atoms with Crippen molar-refractivity contribution in [2.75, 3.05) is 6.61 Å². The highest BCUT2D eigenvalue weighted by Gasteiger charge is 2.65. The van der Waals surface area contributed by atoms with Crippen molar-refractivity contribution in [2.45, 2.75) is 96.9 Å². The summed E-state index contributed by atoms with van der Waals surface area (Å²) in [4.78, 5) is 0. The molecule has 36 heavy (non-hydrogen) atoms. The Morgan fingerprint density at radius 1 is 0.944 bits per heavy atom. The predicted octanol–water partition coefficient (Wildman–Crippen LogP) is 3.01. The number of rotatable bonds is 8. The molecule has 4 rings (SSSR count). The topological polar surface area (TPSA) is 168 Å². The van der Waals surface area contributed by atoms with Crippen LogP contribution in [0.25, 0.3) is 0 Å². The van der Waals surface area contributed by atoms with Crippen LogP contribution in [-0.2, 0) is 29.2 Å². The summed E-state index contributed by atoms with van der Waals surface area (Å²) in [5, 5.41) is 23.0. The van der Waals surface area contributed by atoms with Gasteiger partial charge in [0.2, 0.25) is 0 Å². The number of fused-ring (bicyclic) bond motifs is 5. The second kappa shape index (κ2) is 10.0. The molecule has 0 spiro atoms. The summed E-state index contributed by atoms with van der Waals surface area (Å²) in [5.74, 6) is 0.813. The quantitative estimate of drug-likeness (QED) is 0.258. The van der Waals surface area contributed by atoms with Crippen LogP contribution in [0.4, 0.5) is 0 Å². The Morgan fingerprint density at radius 3 is 2.28 bits per heavy atom. The number of aliphatic hydroxyl groups excluding tert-OH is 2. The van der Waals surface area contributed by atoms with Gasteiger partial charge in [0.05, 0.1) is 24.9 Å². The lowest BCUT2D eigenvalue weighted by atomic mass is 9.43. The normalized spacial score (nSPS) is 46.0. The van der Waals surface area contributed by atoms with E-state index in [0.717, 1.165) is 19.3 Å². The van der Waals surface area contributed by atoms with E-state index >= 15 is 0 Å². The van der Waals surface area contributed by atoms with Gasteiger partial charge < -0.3 is 10.2 Å². The van der Waals surface area contributed by atoms with Gasteiger partial charge in [0.25, 0.3) is 0 Å². The van der Waals surface area contributed by atoms with Crippen LogP contribution >= 0.6 is 0 Å². The lowest BCUT2D eigenvalue weighted by Crippen LogP contribution is -2.62. The van der Waals surface area contributed by atoms with Crippen molar-refractivity contribution >= 4 is 20.8 Å². The average molecular weight is 555 g/mol. The van der Waals surface area contributed by atoms with Gasteiger partial charge in [0.15, 0.2) is 0 Å². The van der Waals surface area contributed by atoms with E-state index in [9.17, 15) is 27.0 Å². The zero-order valence-electron chi connectivity index (χ0n) is 21.3. The Balaban J connectivity index is 1.49. The highest BCUT2D eigenvalue weighted by atomic mass is 32.3. The third-order valence-corrected chi connectivity index (χ3v) is 11.8. The molecule has 0 unspecified atom stereocenters. The Morgan fingerprint density at radius 2 is 1.64 bits per heavy atom. The SMILES string of the molecule is C[C@H](CCCOS(=O)(=O)O)[C@H]1CC[C@H]2[C@@H]3[C@H](O)C[C@H]4C[C@H](OS(=O)(=O)O)CC[C@]4(C)[C@H]3C[C@H](O)[C@]12C. The maximum atomic E-state index is 11.6. The summed E-state index contributed by atoms with van der Waals surface area (Å²) in [6.45, 7) is 6.41. The van der Waals surface area contributed by atoms with Gasteiger partial charge >= 0.3 is 20.8 Å². The van der Waals surface area contributed by atoms with Crippen LogP contribution in [0.15, 0.2) is 0 Å². The second-order valence-electron chi connectivity index (χ2n) is 12.4. The van der Waals surface area contributed by atoms with Gasteiger partial charge in [0.1, 0.15) is 0 Å². The maximum absolute atomic E-state index is 11.6. The molecule has 0 radical (unpaired) electrons. The highest BCUT2D eigenvalue weighted by Crippen LogP contribution is 2.68. The average Bonchev–Trinajstić information content (AvgIpc) is 3.10. The largest absolute Gasteiger partial charge is 0.397 e. The predicted molar refractivity (Wildman–Crippen MR) is 130 cm³/mol. The van der Waals surface area contributed by atoms with Gasteiger partial charge in [0, 0.05) is 0 Å². The van der Waals surface area contributed by atoms with Crippen LogP contribution in [0.3, 0.4) is 0 Å². The summed E-state index contributed by atoms with van der Waals surface area (Å²) in [5.41, 5.74) is -0.512. The van der Waals surface area contributed by atoms with Gasteiger partial charge in [-0.3, -0.25) is 9.11 Å². The monoisotopic (exact) mass is 554 g/mol. The standard InChI is InChI=1S/C24H42O10S2/c1-14(5-4-10-33-35(27,28)29)17-6-7-18-22-19(13-21(26)24(17,18)3)23(2)9-8-16(34-36(30,31)32)11-15(23)12-20(22)25/h14-22,25-26H,4-13H2,1-3H3,(H,27,28,29)(H,30,31,32)/t14-,15-,16-,17-,18+,19+,20-,21+,22+,23+,24-/m1/s1. The fourth-order valence-electron chi connectivity index (χ4n) is 9.15. The van der Waals surface area contributed by atoms with E-state index in [2.05, 4.69) is 25.0 Å². The molecule has 4 aliphatic carbocycles. The Labute approximate surface area is 215 Å². The van der Waals surface area contributed by atoms with Gasteiger partial charge in [-0.1, -0.05) is 20.8 Å². The molecule has 4 aliphatic rings. The fourth-order valence-corrected chi connectivity index (χ4v) is 9.99. The molecule has 0 saturated heterocycles. The van der Waals surface area contributed by atoms with Crippen molar-refractivity contribution in [1.82, 2.24) is 0 Å². The molecule has 0 bridgehead atoms. The summed E-state index contributed by atoms with van der Waals surface area (Å²) in [7, 11) is -8.98. The first kappa shape index (κ1) is 28.7. The summed E-state index contributed by atoms with van der Waals surface area (Å²) < 4.78 is 71.4. The summed E-state index contributed by atoms with van der Waals surface area (Å²) in [6, 6.07) is 0. The van der Waals surface area contributed by atoms with Crippen molar-refractivity contribution in [3.63, 3.8) is 0 Å². The molecule has 0 aliphatic heterocycles. The van der Waals surface area contributed by atoms with Crippen LogP contribution in [0.1, 0.15) is 78.6 Å². The van der Waals surface area contributed by atoms with Gasteiger partial charge in [-0.05, 0) is 104 Å². The van der Waals surface area contributed by atoms with Crippen molar-refractivity contribution < 1.29 is 44.5 Å². The Bertz CT molecular complexity index is 1020. The zero-order chi connectivity index (χ0) is 26.7. The van der Waals surface area contributed by atoms with Crippen LogP contribution in [-0.4, -0.2) is 61.1 Å². The lowest BCUT2D eigenvalue weighted by molar-refractivity contribution is -0.206. The van der Waals surface area contributed by atoms with Crippen molar-refractivity contribution in [3.05, 3.63) is 0 Å². The molecular weight excluding hydrogens is 512 g/mol. The van der Waals surface area contributed by atoms with Crippen LogP contribution in [0, 0.1) is 46.3 Å². The first-order valence-corrected chi connectivity index (χ1v) is 15.9. The van der Waals surface area contributed by atoms with E-state index in [1.807, 2.05) is 0 Å². The van der Waals surface area contributed by atoms with Crippen molar-refractivity contribution in [1.29, 1.82) is 0 Å². The molecule has 4 saturated carbocycles. The minimum absolute atomic E-state index is 0.0460. The molecule has 0 aromatic rings. The van der Waals surface area contributed by atoms with Crippen LogP contribution in [0.5, 0.6) is 0 Å².